The minimum absolute atomic E-state index is 0.0256. The first-order valence-electron chi connectivity index (χ1n) is 7.83. The minimum Gasteiger partial charge on any atom is -0.569 e. The first-order valence-corrected chi connectivity index (χ1v) is 7.83. The van der Waals surface area contributed by atoms with Crippen LogP contribution < -0.4 is 0 Å². The number of esters is 1. The van der Waals surface area contributed by atoms with Crippen LogP contribution in [0.5, 0.6) is 0 Å². The summed E-state index contributed by atoms with van der Waals surface area (Å²) in [6, 6.07) is 7.21. The van der Waals surface area contributed by atoms with Crippen LogP contribution >= 0.6 is 0 Å². The molecule has 9 nitrogen and oxygen atoms in total. The molecule has 0 spiro atoms. The molecule has 25 heavy (non-hydrogen) atoms. The third-order valence-electron chi connectivity index (χ3n) is 3.66. The Morgan fingerprint density at radius 3 is 2.44 bits per heavy atom. The van der Waals surface area contributed by atoms with Crippen molar-refractivity contribution in [3.8, 4) is 0 Å². The molecule has 1 aromatic carbocycles. The fraction of sp³-hybridized carbons (Fsp3) is 0.500. The predicted molar refractivity (Wildman–Crippen MR) is 87.1 cm³/mol. The number of carboxylic acid groups (broad SMARTS) is 1. The molecule has 0 aliphatic heterocycles. The lowest BCUT2D eigenvalue weighted by atomic mass is 9.99. The number of carboxylic acids is 1. The summed E-state index contributed by atoms with van der Waals surface area (Å²) in [7, 11) is 1.30. The van der Waals surface area contributed by atoms with Gasteiger partial charge in [0, 0.05) is 6.92 Å². The lowest BCUT2D eigenvalue weighted by Crippen LogP contribution is -2.46. The predicted octanol–water partition coefficient (Wildman–Crippen LogP) is 2.43. The normalized spacial score (nSPS) is 15.0. The first kappa shape index (κ1) is 20.2. The highest BCUT2D eigenvalue weighted by molar-refractivity contribution is 5.89. The lowest BCUT2D eigenvalue weighted by Gasteiger charge is -2.24. The molecule has 0 amide bonds. The highest BCUT2D eigenvalue weighted by Gasteiger charge is 2.33. The van der Waals surface area contributed by atoms with Gasteiger partial charge in [0.25, 0.3) is 6.29 Å². The second-order valence-electron chi connectivity index (χ2n) is 5.52. The summed E-state index contributed by atoms with van der Waals surface area (Å²) in [5, 5.41) is 25.3. The SMILES string of the molecule is CC[C@@H](C)[C@@H](C(=O)O)N(C)[N+]([O-])=NOC(C)OC(=O)c1ccccc1. The monoisotopic (exact) mass is 353 g/mol. The molecule has 3 atom stereocenters. The Kier molecular flexibility index (Phi) is 7.64. The van der Waals surface area contributed by atoms with E-state index in [1.54, 1.807) is 37.3 Å². The van der Waals surface area contributed by atoms with E-state index in [1.807, 2.05) is 6.92 Å². The Labute approximate surface area is 146 Å². The van der Waals surface area contributed by atoms with E-state index in [4.69, 9.17) is 9.57 Å². The Morgan fingerprint density at radius 2 is 1.92 bits per heavy atom. The molecule has 0 aliphatic rings. The summed E-state index contributed by atoms with van der Waals surface area (Å²) in [4.78, 5) is 28.0. The van der Waals surface area contributed by atoms with Gasteiger partial charge in [-0.05, 0) is 18.1 Å². The van der Waals surface area contributed by atoms with E-state index in [-0.39, 0.29) is 10.9 Å². The first-order chi connectivity index (χ1) is 11.8. The van der Waals surface area contributed by atoms with Crippen molar-refractivity contribution in [1.82, 2.24) is 5.01 Å². The molecule has 0 saturated heterocycles. The summed E-state index contributed by atoms with van der Waals surface area (Å²) in [5.41, 5.74) is 0.330. The lowest BCUT2D eigenvalue weighted by molar-refractivity contribution is -0.713. The van der Waals surface area contributed by atoms with Crippen LogP contribution in [-0.2, 0) is 14.4 Å². The van der Waals surface area contributed by atoms with Crippen LogP contribution in [0, 0.1) is 11.1 Å². The number of benzene rings is 1. The van der Waals surface area contributed by atoms with Crippen molar-refractivity contribution >= 4 is 11.9 Å². The van der Waals surface area contributed by atoms with Crippen LogP contribution in [0.1, 0.15) is 37.6 Å². The Bertz CT molecular complexity index is 607. The molecule has 0 radical (unpaired) electrons. The number of carbonyl (C=O) groups is 2. The van der Waals surface area contributed by atoms with Gasteiger partial charge in [-0.25, -0.2) is 9.59 Å². The number of likely N-dealkylation sites (N-methyl/N-ethyl adjacent to an activating group) is 1. The minimum atomic E-state index is -1.14. The van der Waals surface area contributed by atoms with Crippen molar-refractivity contribution in [2.45, 2.75) is 39.5 Å². The Morgan fingerprint density at radius 1 is 1.32 bits per heavy atom. The van der Waals surface area contributed by atoms with Gasteiger partial charge in [-0.1, -0.05) is 38.5 Å². The Hall–Kier alpha value is -2.84. The van der Waals surface area contributed by atoms with Crippen molar-refractivity contribution in [3.63, 3.8) is 0 Å². The zero-order valence-corrected chi connectivity index (χ0v) is 14.7. The molecule has 1 aromatic rings. The van der Waals surface area contributed by atoms with Gasteiger partial charge in [0.2, 0.25) is 5.28 Å². The average molecular weight is 353 g/mol. The molecule has 138 valence electrons. The van der Waals surface area contributed by atoms with Crippen LogP contribution in [-0.4, -0.2) is 46.4 Å². The second-order valence-corrected chi connectivity index (χ2v) is 5.52. The van der Waals surface area contributed by atoms with Crippen LogP contribution in [0.3, 0.4) is 0 Å². The number of hydrazine groups is 1. The number of hydrogen-bond donors (Lipinski definition) is 1. The van der Waals surface area contributed by atoms with Gasteiger partial charge >= 0.3 is 11.9 Å². The van der Waals surface area contributed by atoms with Gasteiger partial charge in [0.15, 0.2) is 6.04 Å². The number of rotatable bonds is 9. The molecule has 1 rings (SSSR count). The van der Waals surface area contributed by atoms with E-state index in [0.717, 1.165) is 5.01 Å². The van der Waals surface area contributed by atoms with Crippen LogP contribution in [0.25, 0.3) is 0 Å². The molecule has 0 heterocycles. The zero-order chi connectivity index (χ0) is 19.0. The maximum Gasteiger partial charge on any atom is 0.341 e. The van der Waals surface area contributed by atoms with Gasteiger partial charge in [-0.3, -0.25) is 4.84 Å². The molecule has 0 saturated carbocycles. The summed E-state index contributed by atoms with van der Waals surface area (Å²) in [5.74, 6) is -2.05. The van der Waals surface area contributed by atoms with E-state index in [2.05, 4.69) is 5.28 Å². The summed E-state index contributed by atoms with van der Waals surface area (Å²) in [6.07, 6.45) is -0.550. The third-order valence-corrected chi connectivity index (χ3v) is 3.66. The van der Waals surface area contributed by atoms with Gasteiger partial charge in [0.1, 0.15) is 0 Å². The van der Waals surface area contributed by atoms with E-state index in [9.17, 15) is 19.9 Å². The number of ether oxygens (including phenoxy) is 1. The molecule has 1 unspecified atom stereocenters. The van der Waals surface area contributed by atoms with Crippen molar-refractivity contribution in [3.05, 3.63) is 41.1 Å². The smallest absolute Gasteiger partial charge is 0.341 e. The van der Waals surface area contributed by atoms with E-state index < -0.39 is 24.3 Å². The van der Waals surface area contributed by atoms with Crippen LogP contribution in [0.15, 0.2) is 35.6 Å². The Balaban J connectivity index is 2.66. The highest BCUT2D eigenvalue weighted by Crippen LogP contribution is 2.14. The van der Waals surface area contributed by atoms with Crippen LogP contribution in [0.2, 0.25) is 0 Å². The van der Waals surface area contributed by atoms with E-state index in [0.29, 0.717) is 12.0 Å². The van der Waals surface area contributed by atoms with Gasteiger partial charge < -0.3 is 15.1 Å². The molecule has 0 aliphatic carbocycles. The molecule has 0 bridgehead atoms. The molecule has 0 fully saturated rings. The number of hydrogen-bond acceptors (Lipinski definition) is 6. The number of nitrogens with zero attached hydrogens (tertiary/aromatic N) is 3. The topological polar surface area (TPSA) is 114 Å². The maximum absolute atomic E-state index is 11.9. The number of aliphatic carboxylic acids is 1. The quantitative estimate of drug-likeness (QED) is 0.238. The van der Waals surface area contributed by atoms with Crippen molar-refractivity contribution in [2.24, 2.45) is 11.2 Å². The van der Waals surface area contributed by atoms with Gasteiger partial charge in [-0.2, -0.15) is 0 Å². The van der Waals surface area contributed by atoms with Crippen molar-refractivity contribution in [2.75, 3.05) is 7.05 Å². The standard InChI is InChI=1S/C16H23N3O6/c1-5-11(2)14(15(20)21)18(4)19(23)17-25-12(3)24-16(22)13-9-7-6-8-10-13/h6-12,14H,5H2,1-4H3,(H,20,21)/t11-,12?,14+/m1/s1. The molecule has 0 aromatic heterocycles. The second kappa shape index (κ2) is 9.45. The van der Waals surface area contributed by atoms with E-state index >= 15 is 0 Å². The summed E-state index contributed by atoms with van der Waals surface area (Å²) >= 11 is 0. The molecular formula is C16H23N3O6. The zero-order valence-electron chi connectivity index (χ0n) is 14.7. The third kappa shape index (κ3) is 5.94. The number of carbonyl (C=O) groups excluding carboxylic acids is 1. The van der Waals surface area contributed by atoms with Crippen LogP contribution in [0.4, 0.5) is 0 Å². The van der Waals surface area contributed by atoms with Crippen molar-refractivity contribution < 1.29 is 29.2 Å². The highest BCUT2D eigenvalue weighted by atomic mass is 16.8. The average Bonchev–Trinajstić information content (AvgIpc) is 2.59. The maximum atomic E-state index is 11.9. The molecule has 1 N–H and O–H groups in total. The summed E-state index contributed by atoms with van der Waals surface area (Å²) < 4.78 is 4.99. The largest absolute Gasteiger partial charge is 0.569 e. The summed E-state index contributed by atoms with van der Waals surface area (Å²) in [6.45, 7) is 4.93. The van der Waals surface area contributed by atoms with Gasteiger partial charge in [-0.15, -0.1) is 5.01 Å². The molecular weight excluding hydrogens is 330 g/mol. The fourth-order valence-electron chi connectivity index (χ4n) is 2.08. The van der Waals surface area contributed by atoms with E-state index in [1.165, 1.54) is 14.0 Å². The van der Waals surface area contributed by atoms with Crippen molar-refractivity contribution in [1.29, 1.82) is 0 Å². The fourth-order valence-corrected chi connectivity index (χ4v) is 2.08. The molecule has 9 heteroatoms. The van der Waals surface area contributed by atoms with Gasteiger partial charge in [0.05, 0.1) is 17.6 Å².